The fourth-order valence-corrected chi connectivity index (χ4v) is 1.60. The molecule has 2 rings (SSSR count). The molecular formula is C13H14FNO2. The van der Waals surface area contributed by atoms with Crippen LogP contribution in [0.3, 0.4) is 0 Å². The SMILES string of the molecule is NCC[C@@H](O)c1ccc(-c2ccc(F)cc2)o1. The molecule has 0 fully saturated rings. The maximum atomic E-state index is 12.8. The molecule has 0 bridgehead atoms. The van der Waals surface area contributed by atoms with Crippen LogP contribution < -0.4 is 5.73 Å². The Morgan fingerprint density at radius 2 is 1.88 bits per heavy atom. The first kappa shape index (κ1) is 11.8. The van der Waals surface area contributed by atoms with Crippen molar-refractivity contribution in [1.29, 1.82) is 0 Å². The lowest BCUT2D eigenvalue weighted by atomic mass is 10.2. The van der Waals surface area contributed by atoms with Crippen LogP contribution in [0, 0.1) is 5.82 Å². The predicted molar refractivity (Wildman–Crippen MR) is 62.7 cm³/mol. The van der Waals surface area contributed by atoms with Gasteiger partial charge in [-0.3, -0.25) is 0 Å². The molecule has 2 aromatic rings. The van der Waals surface area contributed by atoms with Crippen molar-refractivity contribution in [1.82, 2.24) is 0 Å². The van der Waals surface area contributed by atoms with Gasteiger partial charge in [0.25, 0.3) is 0 Å². The lowest BCUT2D eigenvalue weighted by molar-refractivity contribution is 0.144. The quantitative estimate of drug-likeness (QED) is 0.855. The van der Waals surface area contributed by atoms with E-state index in [0.717, 1.165) is 5.56 Å². The molecule has 0 spiro atoms. The van der Waals surface area contributed by atoms with Crippen molar-refractivity contribution in [2.75, 3.05) is 6.54 Å². The Morgan fingerprint density at radius 3 is 2.53 bits per heavy atom. The largest absolute Gasteiger partial charge is 0.458 e. The molecule has 3 N–H and O–H groups in total. The van der Waals surface area contributed by atoms with Gasteiger partial charge in [0.2, 0.25) is 0 Å². The van der Waals surface area contributed by atoms with Gasteiger partial charge < -0.3 is 15.3 Å². The molecular weight excluding hydrogens is 221 g/mol. The fourth-order valence-electron chi connectivity index (χ4n) is 1.60. The summed E-state index contributed by atoms with van der Waals surface area (Å²) in [6.45, 7) is 0.397. The average molecular weight is 235 g/mol. The van der Waals surface area contributed by atoms with E-state index in [0.29, 0.717) is 24.5 Å². The van der Waals surface area contributed by atoms with E-state index in [1.54, 1.807) is 24.3 Å². The molecule has 4 heteroatoms. The normalized spacial score (nSPS) is 12.6. The van der Waals surface area contributed by atoms with E-state index in [1.807, 2.05) is 0 Å². The van der Waals surface area contributed by atoms with Gasteiger partial charge in [0.05, 0.1) is 0 Å². The van der Waals surface area contributed by atoms with E-state index in [1.165, 1.54) is 12.1 Å². The summed E-state index contributed by atoms with van der Waals surface area (Å²) in [5, 5.41) is 9.69. The van der Waals surface area contributed by atoms with Crippen LogP contribution in [0.2, 0.25) is 0 Å². The number of furan rings is 1. The lowest BCUT2D eigenvalue weighted by Crippen LogP contribution is -2.05. The summed E-state index contributed by atoms with van der Waals surface area (Å²) < 4.78 is 18.2. The van der Waals surface area contributed by atoms with E-state index in [-0.39, 0.29) is 5.82 Å². The van der Waals surface area contributed by atoms with Crippen molar-refractivity contribution in [3.8, 4) is 11.3 Å². The van der Waals surface area contributed by atoms with Crippen LogP contribution in [0.5, 0.6) is 0 Å². The Hall–Kier alpha value is -1.65. The van der Waals surface area contributed by atoms with Crippen LogP contribution in [0.4, 0.5) is 4.39 Å². The van der Waals surface area contributed by atoms with E-state index in [4.69, 9.17) is 10.2 Å². The van der Waals surface area contributed by atoms with E-state index in [2.05, 4.69) is 0 Å². The van der Waals surface area contributed by atoms with Gasteiger partial charge in [0.15, 0.2) is 0 Å². The molecule has 0 unspecified atom stereocenters. The van der Waals surface area contributed by atoms with Crippen molar-refractivity contribution >= 4 is 0 Å². The monoisotopic (exact) mass is 235 g/mol. The molecule has 0 amide bonds. The van der Waals surface area contributed by atoms with E-state index < -0.39 is 6.10 Å². The number of benzene rings is 1. The highest BCUT2D eigenvalue weighted by Crippen LogP contribution is 2.26. The second kappa shape index (κ2) is 5.12. The number of halogens is 1. The lowest BCUT2D eigenvalue weighted by Gasteiger charge is -2.04. The minimum atomic E-state index is -0.686. The average Bonchev–Trinajstić information content (AvgIpc) is 2.80. The second-order valence-corrected chi connectivity index (χ2v) is 3.80. The van der Waals surface area contributed by atoms with Gasteiger partial charge in [0, 0.05) is 5.56 Å². The first-order chi connectivity index (χ1) is 8.20. The second-order valence-electron chi connectivity index (χ2n) is 3.80. The first-order valence-corrected chi connectivity index (χ1v) is 5.44. The molecule has 1 heterocycles. The molecule has 0 saturated carbocycles. The fraction of sp³-hybridized carbons (Fsp3) is 0.231. The zero-order valence-electron chi connectivity index (χ0n) is 9.27. The van der Waals surface area contributed by atoms with Gasteiger partial charge in [-0.1, -0.05) is 0 Å². The molecule has 1 atom stereocenters. The van der Waals surface area contributed by atoms with Crippen LogP contribution >= 0.6 is 0 Å². The molecule has 90 valence electrons. The van der Waals surface area contributed by atoms with Crippen molar-refractivity contribution in [2.24, 2.45) is 5.73 Å². The molecule has 1 aromatic carbocycles. The molecule has 0 aliphatic carbocycles. The molecule has 1 aromatic heterocycles. The maximum Gasteiger partial charge on any atom is 0.134 e. The molecule has 17 heavy (non-hydrogen) atoms. The van der Waals surface area contributed by atoms with E-state index >= 15 is 0 Å². The summed E-state index contributed by atoms with van der Waals surface area (Å²) in [4.78, 5) is 0. The van der Waals surface area contributed by atoms with Crippen LogP contribution in [0.15, 0.2) is 40.8 Å². The van der Waals surface area contributed by atoms with E-state index in [9.17, 15) is 9.50 Å². The molecule has 3 nitrogen and oxygen atoms in total. The number of rotatable bonds is 4. The molecule has 0 aliphatic heterocycles. The zero-order chi connectivity index (χ0) is 12.3. The minimum absolute atomic E-state index is 0.288. The van der Waals surface area contributed by atoms with Crippen molar-refractivity contribution in [3.63, 3.8) is 0 Å². The summed E-state index contributed by atoms with van der Waals surface area (Å²) in [7, 11) is 0. The van der Waals surface area contributed by atoms with Crippen LogP contribution in [-0.2, 0) is 0 Å². The maximum absolute atomic E-state index is 12.8. The zero-order valence-corrected chi connectivity index (χ0v) is 9.27. The third-order valence-electron chi connectivity index (χ3n) is 2.52. The summed E-state index contributed by atoms with van der Waals surface area (Å²) in [5.74, 6) is 0.801. The van der Waals surface area contributed by atoms with Crippen LogP contribution in [0.25, 0.3) is 11.3 Å². The first-order valence-electron chi connectivity index (χ1n) is 5.44. The third kappa shape index (κ3) is 2.72. The predicted octanol–water partition coefficient (Wildman–Crippen LogP) is 2.47. The minimum Gasteiger partial charge on any atom is -0.458 e. The van der Waals surface area contributed by atoms with Crippen molar-refractivity contribution < 1.29 is 13.9 Å². The Kier molecular flexibility index (Phi) is 3.56. The van der Waals surface area contributed by atoms with Gasteiger partial charge in [-0.05, 0) is 49.4 Å². The highest BCUT2D eigenvalue weighted by molar-refractivity contribution is 5.57. The Bertz CT molecular complexity index is 478. The molecule has 0 aliphatic rings. The topological polar surface area (TPSA) is 59.4 Å². The van der Waals surface area contributed by atoms with Gasteiger partial charge in [0.1, 0.15) is 23.4 Å². The highest BCUT2D eigenvalue weighted by Gasteiger charge is 2.12. The van der Waals surface area contributed by atoms with Crippen LogP contribution in [-0.4, -0.2) is 11.7 Å². The third-order valence-corrected chi connectivity index (χ3v) is 2.52. The standard InChI is InChI=1S/C13H14FNO2/c14-10-3-1-9(2-4-10)12-5-6-13(17-12)11(16)7-8-15/h1-6,11,16H,7-8,15H2/t11-/m1/s1. The van der Waals surface area contributed by atoms with Gasteiger partial charge in [-0.15, -0.1) is 0 Å². The van der Waals surface area contributed by atoms with Gasteiger partial charge in [-0.25, -0.2) is 4.39 Å². The van der Waals surface area contributed by atoms with Crippen LogP contribution in [0.1, 0.15) is 18.3 Å². The summed E-state index contributed by atoms with van der Waals surface area (Å²) in [6, 6.07) is 9.46. The summed E-state index contributed by atoms with van der Waals surface area (Å²) in [6.07, 6.45) is -0.231. The van der Waals surface area contributed by atoms with Crippen molar-refractivity contribution in [2.45, 2.75) is 12.5 Å². The molecule has 0 radical (unpaired) electrons. The Labute approximate surface area is 98.7 Å². The summed E-state index contributed by atoms with van der Waals surface area (Å²) in [5.41, 5.74) is 6.13. The van der Waals surface area contributed by atoms with Crippen molar-refractivity contribution in [3.05, 3.63) is 48.0 Å². The Morgan fingerprint density at radius 1 is 1.18 bits per heavy atom. The van der Waals surface area contributed by atoms with Gasteiger partial charge >= 0.3 is 0 Å². The van der Waals surface area contributed by atoms with Gasteiger partial charge in [-0.2, -0.15) is 0 Å². The number of hydrogen-bond donors (Lipinski definition) is 2. The number of nitrogens with two attached hydrogens (primary N) is 1. The summed E-state index contributed by atoms with van der Waals surface area (Å²) >= 11 is 0. The molecule has 0 saturated heterocycles. The Balaban J connectivity index is 2.20. The number of hydrogen-bond acceptors (Lipinski definition) is 3. The smallest absolute Gasteiger partial charge is 0.134 e. The number of aliphatic hydroxyl groups is 1. The highest BCUT2D eigenvalue weighted by atomic mass is 19.1. The number of aliphatic hydroxyl groups excluding tert-OH is 1.